The first kappa shape index (κ1) is 35.4. The Morgan fingerprint density at radius 2 is 1.88 bits per heavy atom. The summed E-state index contributed by atoms with van der Waals surface area (Å²) in [6.07, 6.45) is -0.178. The van der Waals surface area contributed by atoms with Crippen molar-refractivity contribution in [3.63, 3.8) is 0 Å². The topological polar surface area (TPSA) is 101 Å². The van der Waals surface area contributed by atoms with Crippen LogP contribution in [0.2, 0.25) is 5.02 Å². The van der Waals surface area contributed by atoms with E-state index < -0.39 is 11.7 Å². The molecule has 2 heterocycles. The van der Waals surface area contributed by atoms with E-state index in [1.807, 2.05) is 19.9 Å². The molecule has 4 rings (SSSR count). The number of hydrogen-bond donors (Lipinski definition) is 4. The van der Waals surface area contributed by atoms with Crippen LogP contribution in [0.5, 0.6) is 11.5 Å². The van der Waals surface area contributed by atoms with Crippen LogP contribution >= 0.6 is 36.4 Å². The number of alkyl halides is 3. The van der Waals surface area contributed by atoms with E-state index in [-0.39, 0.29) is 53.5 Å². The van der Waals surface area contributed by atoms with Crippen LogP contribution in [0, 0.1) is 0 Å². The second-order valence-corrected chi connectivity index (χ2v) is 10.3. The number of ether oxygens (including phenoxy) is 2. The SMILES string of the molecule is CC(C)(COCCO)NCC1=Cc2c(ncnc2Nc2ccc(Oc3cccc(C(F)(F)F)c3)c(Cl)c2)NCC1.Cl.Cl. The molecule has 0 saturated heterocycles. The second kappa shape index (κ2) is 15.6. The van der Waals surface area contributed by atoms with Crippen LogP contribution in [0.15, 0.2) is 54.4 Å². The molecule has 0 atom stereocenters. The predicted molar refractivity (Wildman–Crippen MR) is 164 cm³/mol. The standard InChI is InChI=1S/C28H31ClF3N5O3.2ClH/c1-27(2,16-39-11-10-38)36-15-18-8-9-33-25-22(12-18)26(35-17-34-25)37-20-6-7-24(23(29)14-20)40-21-5-3-4-19(13-21)28(30,31)32;;/h3-7,12-14,17,36,38H,8-11,15-16H2,1-2H3,(H2,33,34,35,37);2*1H. The summed E-state index contributed by atoms with van der Waals surface area (Å²) < 4.78 is 50.2. The number of rotatable bonds is 11. The molecule has 0 aliphatic carbocycles. The smallest absolute Gasteiger partial charge is 0.416 e. The Labute approximate surface area is 259 Å². The summed E-state index contributed by atoms with van der Waals surface area (Å²) in [6, 6.07) is 9.51. The molecule has 1 aliphatic heterocycles. The number of hydrogen-bond acceptors (Lipinski definition) is 8. The van der Waals surface area contributed by atoms with Gasteiger partial charge < -0.3 is 30.5 Å². The van der Waals surface area contributed by atoms with Crippen molar-refractivity contribution in [2.45, 2.75) is 32.0 Å². The second-order valence-electron chi connectivity index (χ2n) is 9.88. The lowest BCUT2D eigenvalue weighted by Gasteiger charge is -2.26. The molecule has 8 nitrogen and oxygen atoms in total. The van der Waals surface area contributed by atoms with Crippen molar-refractivity contribution in [3.8, 4) is 11.5 Å². The number of nitrogens with one attached hydrogen (secondary N) is 3. The molecule has 14 heteroatoms. The normalized spacial score (nSPS) is 13.0. The van der Waals surface area contributed by atoms with Gasteiger partial charge in [0.15, 0.2) is 0 Å². The summed E-state index contributed by atoms with van der Waals surface area (Å²) in [6.45, 7) is 6.13. The molecule has 42 heavy (non-hydrogen) atoms. The van der Waals surface area contributed by atoms with Crippen molar-refractivity contribution in [1.82, 2.24) is 15.3 Å². The molecule has 230 valence electrons. The molecule has 0 fully saturated rings. The van der Waals surface area contributed by atoms with E-state index in [4.69, 9.17) is 26.2 Å². The van der Waals surface area contributed by atoms with Crippen molar-refractivity contribution in [1.29, 1.82) is 0 Å². The minimum absolute atomic E-state index is 0. The van der Waals surface area contributed by atoms with Gasteiger partial charge in [0.05, 0.1) is 36.0 Å². The highest BCUT2D eigenvalue weighted by Crippen LogP contribution is 2.36. The maximum Gasteiger partial charge on any atom is 0.416 e. The Morgan fingerprint density at radius 1 is 1.10 bits per heavy atom. The van der Waals surface area contributed by atoms with Crippen LogP contribution in [0.4, 0.5) is 30.5 Å². The van der Waals surface area contributed by atoms with Gasteiger partial charge in [0.1, 0.15) is 29.5 Å². The Balaban J connectivity index is 0.00000308. The number of nitrogens with zero attached hydrogens (tertiary/aromatic N) is 2. The molecule has 0 unspecified atom stereocenters. The molecule has 4 N–H and O–H groups in total. The zero-order valence-electron chi connectivity index (χ0n) is 22.9. The zero-order chi connectivity index (χ0) is 28.8. The van der Waals surface area contributed by atoms with E-state index in [1.165, 1.54) is 18.5 Å². The third-order valence-electron chi connectivity index (χ3n) is 6.05. The summed E-state index contributed by atoms with van der Waals surface area (Å²) >= 11 is 6.42. The molecule has 0 amide bonds. The fourth-order valence-electron chi connectivity index (χ4n) is 3.99. The molecule has 2 aromatic carbocycles. The van der Waals surface area contributed by atoms with Crippen molar-refractivity contribution in [2.75, 3.05) is 43.5 Å². The number of anilines is 3. The largest absolute Gasteiger partial charge is 0.456 e. The monoisotopic (exact) mass is 649 g/mol. The van der Waals surface area contributed by atoms with E-state index in [2.05, 4.69) is 25.9 Å². The maximum absolute atomic E-state index is 13.0. The summed E-state index contributed by atoms with van der Waals surface area (Å²) in [7, 11) is 0. The van der Waals surface area contributed by atoms with Crippen molar-refractivity contribution >= 4 is 59.8 Å². The molecule has 0 spiro atoms. The molecule has 0 saturated carbocycles. The Morgan fingerprint density at radius 3 is 2.60 bits per heavy atom. The molecular formula is C28H33Cl3F3N5O3. The number of aliphatic hydroxyl groups is 1. The molecule has 3 aromatic rings. The van der Waals surface area contributed by atoms with Gasteiger partial charge in [0, 0.05) is 24.3 Å². The van der Waals surface area contributed by atoms with E-state index in [1.54, 1.807) is 18.2 Å². The zero-order valence-corrected chi connectivity index (χ0v) is 25.3. The summed E-state index contributed by atoms with van der Waals surface area (Å²) in [5, 5.41) is 19.3. The molecule has 0 bridgehead atoms. The predicted octanol–water partition coefficient (Wildman–Crippen LogP) is 7.10. The third kappa shape index (κ3) is 9.89. The van der Waals surface area contributed by atoms with Gasteiger partial charge in [0.2, 0.25) is 0 Å². The van der Waals surface area contributed by atoms with Gasteiger partial charge in [-0.15, -0.1) is 24.8 Å². The van der Waals surface area contributed by atoms with E-state index in [0.717, 1.165) is 29.7 Å². The van der Waals surface area contributed by atoms with Crippen molar-refractivity contribution in [3.05, 3.63) is 70.5 Å². The van der Waals surface area contributed by atoms with E-state index in [9.17, 15) is 13.2 Å². The first-order valence-electron chi connectivity index (χ1n) is 12.7. The van der Waals surface area contributed by atoms with Gasteiger partial charge in [-0.2, -0.15) is 13.2 Å². The fraction of sp³-hybridized carbons (Fsp3) is 0.357. The first-order chi connectivity index (χ1) is 19.0. The lowest BCUT2D eigenvalue weighted by Crippen LogP contribution is -2.44. The number of fused-ring (bicyclic) bond motifs is 1. The van der Waals surface area contributed by atoms with Gasteiger partial charge in [-0.05, 0) is 62.7 Å². The van der Waals surface area contributed by atoms with Gasteiger partial charge in [-0.3, -0.25) is 0 Å². The van der Waals surface area contributed by atoms with E-state index in [0.29, 0.717) is 43.6 Å². The Hall–Kier alpha value is -2.80. The van der Waals surface area contributed by atoms with E-state index >= 15 is 0 Å². The summed E-state index contributed by atoms with van der Waals surface area (Å²) in [5.41, 5.74) is 1.44. The average Bonchev–Trinajstić information content (AvgIpc) is 3.12. The number of benzene rings is 2. The quantitative estimate of drug-likeness (QED) is 0.163. The van der Waals surface area contributed by atoms with Crippen LogP contribution in [-0.4, -0.2) is 53.5 Å². The number of aromatic nitrogens is 2. The summed E-state index contributed by atoms with van der Waals surface area (Å²) in [4.78, 5) is 8.80. The highest BCUT2D eigenvalue weighted by atomic mass is 35.5. The maximum atomic E-state index is 13.0. The molecule has 1 aliphatic rings. The van der Waals surface area contributed by atoms with Gasteiger partial charge in [-0.25, -0.2) is 9.97 Å². The third-order valence-corrected chi connectivity index (χ3v) is 6.34. The van der Waals surface area contributed by atoms with Gasteiger partial charge >= 0.3 is 6.18 Å². The number of halogens is 6. The molecule has 1 aromatic heterocycles. The van der Waals surface area contributed by atoms with Gasteiger partial charge in [0.25, 0.3) is 0 Å². The lowest BCUT2D eigenvalue weighted by molar-refractivity contribution is -0.137. The van der Waals surface area contributed by atoms with Crippen molar-refractivity contribution in [2.24, 2.45) is 0 Å². The van der Waals surface area contributed by atoms with Crippen LogP contribution < -0.4 is 20.7 Å². The average molecular weight is 651 g/mol. The molecule has 0 radical (unpaired) electrons. The first-order valence-corrected chi connectivity index (χ1v) is 13.1. The van der Waals surface area contributed by atoms with Crippen molar-refractivity contribution < 1.29 is 27.8 Å². The van der Waals surface area contributed by atoms with Crippen LogP contribution in [0.3, 0.4) is 0 Å². The summed E-state index contributed by atoms with van der Waals surface area (Å²) in [5.74, 6) is 1.49. The highest BCUT2D eigenvalue weighted by molar-refractivity contribution is 6.32. The highest BCUT2D eigenvalue weighted by Gasteiger charge is 2.30. The van der Waals surface area contributed by atoms with Crippen LogP contribution in [-0.2, 0) is 10.9 Å². The van der Waals surface area contributed by atoms with Crippen LogP contribution in [0.25, 0.3) is 6.08 Å². The van der Waals surface area contributed by atoms with Gasteiger partial charge in [-0.1, -0.05) is 23.2 Å². The molecular weight excluding hydrogens is 618 g/mol. The minimum atomic E-state index is -4.48. The minimum Gasteiger partial charge on any atom is -0.456 e. The fourth-order valence-corrected chi connectivity index (χ4v) is 4.21. The Kier molecular flexibility index (Phi) is 13.2. The Bertz CT molecular complexity index is 1360. The number of aliphatic hydroxyl groups excluding tert-OH is 1. The lowest BCUT2D eigenvalue weighted by atomic mass is 10.0. The van der Waals surface area contributed by atoms with Crippen LogP contribution in [0.1, 0.15) is 31.4 Å².